The van der Waals surface area contributed by atoms with Crippen LogP contribution in [-0.4, -0.2) is 16.4 Å². The van der Waals surface area contributed by atoms with Crippen molar-refractivity contribution in [2.75, 3.05) is 0 Å². The van der Waals surface area contributed by atoms with E-state index in [0.717, 1.165) is 6.07 Å². The maximum atomic E-state index is 12.8. The summed E-state index contributed by atoms with van der Waals surface area (Å²) in [7, 11) is 0. The van der Waals surface area contributed by atoms with Gasteiger partial charge >= 0.3 is 0 Å². The number of hydrazone groups is 1. The molecule has 0 aromatic heterocycles. The number of hydrogen-bond acceptors (Lipinski definition) is 3. The molecule has 0 saturated heterocycles. The van der Waals surface area contributed by atoms with Gasteiger partial charge in [0.05, 0.1) is 6.21 Å². The van der Waals surface area contributed by atoms with Crippen LogP contribution in [0, 0.1) is 5.82 Å². The van der Waals surface area contributed by atoms with Gasteiger partial charge in [0.1, 0.15) is 0 Å². The van der Waals surface area contributed by atoms with Crippen molar-refractivity contribution in [3.8, 4) is 5.75 Å². The third-order valence-electron chi connectivity index (χ3n) is 1.36. The Balaban J connectivity index is 2.73. The van der Waals surface area contributed by atoms with Crippen LogP contribution in [0.2, 0.25) is 0 Å². The summed E-state index contributed by atoms with van der Waals surface area (Å²) in [5.74, 6) is -1.10. The molecule has 0 aliphatic heterocycles. The number of thiocarbonyl (C=S) groups is 1. The lowest BCUT2D eigenvalue weighted by molar-refractivity contribution is 0.432. The first kappa shape index (κ1) is 10.4. The molecule has 0 bridgehead atoms. The summed E-state index contributed by atoms with van der Waals surface area (Å²) >= 11 is 4.50. The van der Waals surface area contributed by atoms with Crippen molar-refractivity contribution in [1.29, 1.82) is 0 Å². The van der Waals surface area contributed by atoms with E-state index in [2.05, 4.69) is 22.7 Å². The standard InChI is InChI=1S/C8H8FN3OS/c9-6-3-5(1-2-7(6)13)4-11-12-8(10)14/h1-4,13H,(H3,10,12,14)/b11-4+. The van der Waals surface area contributed by atoms with Gasteiger partial charge in [-0.05, 0) is 36.0 Å². The number of nitrogens with one attached hydrogen (secondary N) is 1. The highest BCUT2D eigenvalue weighted by molar-refractivity contribution is 7.80. The number of hydrogen-bond donors (Lipinski definition) is 3. The van der Waals surface area contributed by atoms with Crippen LogP contribution in [0.15, 0.2) is 23.3 Å². The quantitative estimate of drug-likeness (QED) is 0.384. The van der Waals surface area contributed by atoms with Crippen LogP contribution in [0.25, 0.3) is 0 Å². The van der Waals surface area contributed by atoms with Crippen molar-refractivity contribution in [2.24, 2.45) is 10.8 Å². The van der Waals surface area contributed by atoms with E-state index >= 15 is 0 Å². The van der Waals surface area contributed by atoms with Crippen molar-refractivity contribution < 1.29 is 9.50 Å². The first-order valence-electron chi connectivity index (χ1n) is 3.66. The number of halogens is 1. The fourth-order valence-electron chi connectivity index (χ4n) is 0.774. The molecule has 0 spiro atoms. The number of phenols is 1. The van der Waals surface area contributed by atoms with Gasteiger partial charge in [-0.3, -0.25) is 5.43 Å². The molecule has 1 aromatic rings. The molecule has 1 aromatic carbocycles. The minimum Gasteiger partial charge on any atom is -0.505 e. The summed E-state index contributed by atoms with van der Waals surface area (Å²) in [6.07, 6.45) is 1.34. The number of rotatable bonds is 2. The van der Waals surface area contributed by atoms with Crippen LogP contribution in [0.3, 0.4) is 0 Å². The zero-order valence-electron chi connectivity index (χ0n) is 7.07. The molecule has 0 aliphatic carbocycles. The molecule has 0 radical (unpaired) electrons. The lowest BCUT2D eigenvalue weighted by atomic mass is 10.2. The lowest BCUT2D eigenvalue weighted by Gasteiger charge is -1.97. The third kappa shape index (κ3) is 2.98. The molecule has 14 heavy (non-hydrogen) atoms. The van der Waals surface area contributed by atoms with Crippen molar-refractivity contribution in [3.05, 3.63) is 29.6 Å². The van der Waals surface area contributed by atoms with Crippen LogP contribution in [0.5, 0.6) is 5.75 Å². The maximum absolute atomic E-state index is 12.8. The molecule has 0 atom stereocenters. The predicted molar refractivity (Wildman–Crippen MR) is 55.6 cm³/mol. The Morgan fingerprint density at radius 3 is 2.93 bits per heavy atom. The summed E-state index contributed by atoms with van der Waals surface area (Å²) in [5, 5.41) is 12.5. The number of benzene rings is 1. The van der Waals surface area contributed by atoms with Gasteiger partial charge in [-0.15, -0.1) is 0 Å². The van der Waals surface area contributed by atoms with Crippen molar-refractivity contribution in [2.45, 2.75) is 0 Å². The molecular formula is C8H8FN3OS. The predicted octanol–water partition coefficient (Wildman–Crippen LogP) is 0.698. The molecular weight excluding hydrogens is 205 g/mol. The third-order valence-corrected chi connectivity index (χ3v) is 1.45. The summed E-state index contributed by atoms with van der Waals surface area (Å²) in [4.78, 5) is 0. The first-order valence-corrected chi connectivity index (χ1v) is 4.07. The molecule has 0 amide bonds. The van der Waals surface area contributed by atoms with Gasteiger partial charge in [-0.25, -0.2) is 4.39 Å². The Bertz CT molecular complexity index is 381. The van der Waals surface area contributed by atoms with Crippen molar-refractivity contribution in [3.63, 3.8) is 0 Å². The highest BCUT2D eigenvalue weighted by Gasteiger charge is 1.98. The summed E-state index contributed by atoms with van der Waals surface area (Å²) in [5.41, 5.74) is 7.91. The number of aromatic hydroxyl groups is 1. The number of nitrogens with two attached hydrogens (primary N) is 1. The topological polar surface area (TPSA) is 70.6 Å². The average molecular weight is 213 g/mol. The summed E-state index contributed by atoms with van der Waals surface area (Å²) in [6.45, 7) is 0. The average Bonchev–Trinajstić information content (AvgIpc) is 2.10. The van der Waals surface area contributed by atoms with Crippen LogP contribution in [-0.2, 0) is 0 Å². The van der Waals surface area contributed by atoms with Gasteiger partial charge in [0.25, 0.3) is 0 Å². The van der Waals surface area contributed by atoms with E-state index in [1.54, 1.807) is 0 Å². The van der Waals surface area contributed by atoms with E-state index in [9.17, 15) is 4.39 Å². The van der Waals surface area contributed by atoms with Gasteiger partial charge < -0.3 is 10.8 Å². The van der Waals surface area contributed by atoms with Gasteiger partial charge in [-0.1, -0.05) is 0 Å². The second-order valence-corrected chi connectivity index (χ2v) is 2.88. The van der Waals surface area contributed by atoms with Gasteiger partial charge in [-0.2, -0.15) is 5.10 Å². The Hall–Kier alpha value is -1.69. The molecule has 0 heterocycles. The largest absolute Gasteiger partial charge is 0.505 e. The Labute approximate surface area is 85.2 Å². The molecule has 0 unspecified atom stereocenters. The van der Waals surface area contributed by atoms with E-state index < -0.39 is 11.6 Å². The van der Waals surface area contributed by atoms with Crippen molar-refractivity contribution >= 4 is 23.5 Å². The highest BCUT2D eigenvalue weighted by Crippen LogP contribution is 2.14. The van der Waals surface area contributed by atoms with Crippen molar-refractivity contribution in [1.82, 2.24) is 5.43 Å². The van der Waals surface area contributed by atoms with E-state index in [4.69, 9.17) is 10.8 Å². The maximum Gasteiger partial charge on any atom is 0.184 e. The lowest BCUT2D eigenvalue weighted by Crippen LogP contribution is -2.23. The zero-order valence-corrected chi connectivity index (χ0v) is 7.88. The molecule has 6 heteroatoms. The summed E-state index contributed by atoms with van der Waals surface area (Å²) < 4.78 is 12.8. The van der Waals surface area contributed by atoms with Crippen LogP contribution >= 0.6 is 12.2 Å². The molecule has 0 saturated carbocycles. The normalized spacial score (nSPS) is 10.4. The van der Waals surface area contributed by atoms with Crippen LogP contribution in [0.1, 0.15) is 5.56 Å². The van der Waals surface area contributed by atoms with E-state index in [-0.39, 0.29) is 5.11 Å². The van der Waals surface area contributed by atoms with Gasteiger partial charge in [0, 0.05) is 0 Å². The van der Waals surface area contributed by atoms with Gasteiger partial charge in [0.2, 0.25) is 0 Å². The monoisotopic (exact) mass is 213 g/mol. The fraction of sp³-hybridized carbons (Fsp3) is 0. The van der Waals surface area contributed by atoms with E-state index in [1.807, 2.05) is 0 Å². The zero-order chi connectivity index (χ0) is 10.6. The van der Waals surface area contributed by atoms with E-state index in [1.165, 1.54) is 18.3 Å². The smallest absolute Gasteiger partial charge is 0.184 e. The Morgan fingerprint density at radius 1 is 1.64 bits per heavy atom. The fourth-order valence-corrected chi connectivity index (χ4v) is 0.827. The molecule has 0 fully saturated rings. The second-order valence-electron chi connectivity index (χ2n) is 2.45. The minimum absolute atomic E-state index is 0.0282. The number of nitrogens with zero attached hydrogens (tertiary/aromatic N) is 1. The van der Waals surface area contributed by atoms with Gasteiger partial charge in [0.15, 0.2) is 16.7 Å². The molecule has 74 valence electrons. The Kier molecular flexibility index (Phi) is 3.35. The first-order chi connectivity index (χ1) is 6.59. The molecule has 1 rings (SSSR count). The molecule has 0 aliphatic rings. The molecule has 4 N–H and O–H groups in total. The second kappa shape index (κ2) is 4.52. The van der Waals surface area contributed by atoms with Crippen LogP contribution < -0.4 is 11.2 Å². The highest BCUT2D eigenvalue weighted by atomic mass is 32.1. The van der Waals surface area contributed by atoms with E-state index in [0.29, 0.717) is 5.56 Å². The Morgan fingerprint density at radius 2 is 2.36 bits per heavy atom. The van der Waals surface area contributed by atoms with Crippen LogP contribution in [0.4, 0.5) is 4.39 Å². The number of phenolic OH excluding ortho intramolecular Hbond substituents is 1. The minimum atomic E-state index is -0.704. The SMILES string of the molecule is NC(=S)N/N=C/c1ccc(O)c(F)c1. The molecule has 4 nitrogen and oxygen atoms in total. The summed E-state index contributed by atoms with van der Waals surface area (Å²) in [6, 6.07) is 3.88.